The maximum absolute atomic E-state index is 11.9. The van der Waals surface area contributed by atoms with Crippen molar-refractivity contribution in [3.8, 4) is 0 Å². The second-order valence-electron chi connectivity index (χ2n) is 4.77. The van der Waals surface area contributed by atoms with E-state index >= 15 is 0 Å². The van der Waals surface area contributed by atoms with Crippen LogP contribution in [0, 0.1) is 5.92 Å². The Balaban J connectivity index is 0.00000180. The number of piperidine rings is 1. The predicted molar refractivity (Wildman–Crippen MR) is 83.9 cm³/mol. The van der Waals surface area contributed by atoms with Gasteiger partial charge in [0.15, 0.2) is 0 Å². The fourth-order valence-corrected chi connectivity index (χ4v) is 2.69. The Morgan fingerprint density at radius 1 is 1.47 bits per heavy atom. The topological polar surface area (TPSA) is 41.1 Å². The van der Waals surface area contributed by atoms with Crippen molar-refractivity contribution in [1.29, 1.82) is 0 Å². The molecule has 2 N–H and O–H groups in total. The van der Waals surface area contributed by atoms with E-state index in [1.165, 1.54) is 12.8 Å². The fraction of sp³-hybridized carbons (Fsp3) is 0.500. The van der Waals surface area contributed by atoms with E-state index < -0.39 is 0 Å². The molecule has 1 aliphatic rings. The Morgan fingerprint density at radius 3 is 3.00 bits per heavy atom. The summed E-state index contributed by atoms with van der Waals surface area (Å²) in [7, 11) is 0. The molecular formula is C14H20BrClN2O. The van der Waals surface area contributed by atoms with Crippen LogP contribution in [0.3, 0.4) is 0 Å². The lowest BCUT2D eigenvalue weighted by molar-refractivity contribution is 0.0950. The van der Waals surface area contributed by atoms with Gasteiger partial charge in [-0.15, -0.1) is 12.4 Å². The van der Waals surface area contributed by atoms with Crippen LogP contribution < -0.4 is 10.6 Å². The second kappa shape index (κ2) is 8.56. The molecule has 1 unspecified atom stereocenters. The third kappa shape index (κ3) is 5.51. The van der Waals surface area contributed by atoms with Crippen LogP contribution in [0.15, 0.2) is 28.7 Å². The van der Waals surface area contributed by atoms with E-state index in [-0.39, 0.29) is 18.3 Å². The van der Waals surface area contributed by atoms with Crippen LogP contribution in [-0.4, -0.2) is 25.5 Å². The molecule has 1 saturated heterocycles. The van der Waals surface area contributed by atoms with Crippen LogP contribution in [0.2, 0.25) is 0 Å². The van der Waals surface area contributed by atoms with Gasteiger partial charge in [-0.1, -0.05) is 22.0 Å². The highest BCUT2D eigenvalue weighted by Gasteiger charge is 2.13. The number of hydrogen-bond donors (Lipinski definition) is 2. The van der Waals surface area contributed by atoms with Crippen molar-refractivity contribution in [2.45, 2.75) is 19.3 Å². The van der Waals surface area contributed by atoms with Gasteiger partial charge >= 0.3 is 0 Å². The molecule has 1 amide bonds. The number of rotatable bonds is 4. The van der Waals surface area contributed by atoms with Crippen LogP contribution in [-0.2, 0) is 0 Å². The van der Waals surface area contributed by atoms with Crippen LogP contribution >= 0.6 is 28.3 Å². The molecule has 2 rings (SSSR count). The average molecular weight is 348 g/mol. The molecular weight excluding hydrogens is 328 g/mol. The average Bonchev–Trinajstić information content (AvgIpc) is 2.40. The first kappa shape index (κ1) is 16.5. The molecule has 1 aromatic rings. The maximum Gasteiger partial charge on any atom is 0.251 e. The molecule has 0 aromatic heterocycles. The molecule has 106 valence electrons. The van der Waals surface area contributed by atoms with Gasteiger partial charge in [-0.2, -0.15) is 0 Å². The predicted octanol–water partition coefficient (Wildman–Crippen LogP) is 2.99. The molecule has 19 heavy (non-hydrogen) atoms. The van der Waals surface area contributed by atoms with Gasteiger partial charge in [-0.05, 0) is 56.5 Å². The number of carbonyl (C=O) groups is 1. The molecule has 1 aliphatic heterocycles. The lowest BCUT2D eigenvalue weighted by atomic mass is 9.96. The first-order valence-corrected chi connectivity index (χ1v) is 7.29. The number of amides is 1. The summed E-state index contributed by atoms with van der Waals surface area (Å²) in [4.78, 5) is 11.9. The van der Waals surface area contributed by atoms with Gasteiger partial charge in [-0.25, -0.2) is 0 Å². The zero-order chi connectivity index (χ0) is 12.8. The number of carbonyl (C=O) groups excluding carboxylic acids is 1. The lowest BCUT2D eigenvalue weighted by Gasteiger charge is -2.22. The molecule has 0 saturated carbocycles. The van der Waals surface area contributed by atoms with Gasteiger partial charge < -0.3 is 10.6 Å². The summed E-state index contributed by atoms with van der Waals surface area (Å²) in [6.07, 6.45) is 3.59. The number of halogens is 2. The Hall–Kier alpha value is -0.580. The van der Waals surface area contributed by atoms with Crippen LogP contribution in [0.25, 0.3) is 0 Å². The molecule has 0 bridgehead atoms. The van der Waals surface area contributed by atoms with E-state index in [1.807, 2.05) is 24.3 Å². The van der Waals surface area contributed by atoms with Crippen molar-refractivity contribution >= 4 is 34.2 Å². The molecule has 1 fully saturated rings. The fourth-order valence-electron chi connectivity index (χ4n) is 2.29. The minimum absolute atomic E-state index is 0. The van der Waals surface area contributed by atoms with Crippen LogP contribution in [0.1, 0.15) is 29.6 Å². The van der Waals surface area contributed by atoms with Crippen molar-refractivity contribution in [2.75, 3.05) is 19.6 Å². The van der Waals surface area contributed by atoms with Crippen molar-refractivity contribution in [1.82, 2.24) is 10.6 Å². The smallest absolute Gasteiger partial charge is 0.251 e. The van der Waals surface area contributed by atoms with E-state index in [0.717, 1.165) is 30.5 Å². The molecule has 0 spiro atoms. The molecule has 0 radical (unpaired) electrons. The van der Waals surface area contributed by atoms with E-state index in [9.17, 15) is 4.79 Å². The zero-order valence-electron chi connectivity index (χ0n) is 10.8. The van der Waals surface area contributed by atoms with E-state index in [0.29, 0.717) is 11.5 Å². The van der Waals surface area contributed by atoms with E-state index in [1.54, 1.807) is 0 Å². The normalized spacial score (nSPS) is 18.5. The standard InChI is InChI=1S/C14H19BrN2O.ClH/c15-13-5-1-4-12(9-13)14(18)17-8-6-11-3-2-7-16-10-11;/h1,4-5,9,11,16H,2-3,6-8,10H2,(H,17,18);1H. The van der Waals surface area contributed by atoms with Crippen LogP contribution in [0.4, 0.5) is 0 Å². The van der Waals surface area contributed by atoms with Gasteiger partial charge in [0.1, 0.15) is 0 Å². The minimum Gasteiger partial charge on any atom is -0.352 e. The Bertz CT molecular complexity index is 408. The molecule has 1 heterocycles. The summed E-state index contributed by atoms with van der Waals surface area (Å²) < 4.78 is 0.937. The number of nitrogens with one attached hydrogen (secondary N) is 2. The van der Waals surface area contributed by atoms with E-state index in [2.05, 4.69) is 26.6 Å². The Morgan fingerprint density at radius 2 is 2.32 bits per heavy atom. The molecule has 0 aliphatic carbocycles. The van der Waals surface area contributed by atoms with Gasteiger partial charge in [0, 0.05) is 16.6 Å². The van der Waals surface area contributed by atoms with Gasteiger partial charge in [0.05, 0.1) is 0 Å². The first-order valence-electron chi connectivity index (χ1n) is 6.50. The third-order valence-corrected chi connectivity index (χ3v) is 3.82. The van der Waals surface area contributed by atoms with Crippen molar-refractivity contribution in [2.24, 2.45) is 5.92 Å². The highest BCUT2D eigenvalue weighted by atomic mass is 79.9. The summed E-state index contributed by atoms with van der Waals surface area (Å²) in [5.74, 6) is 0.724. The molecule has 3 nitrogen and oxygen atoms in total. The molecule has 1 atom stereocenters. The summed E-state index contributed by atoms with van der Waals surface area (Å²) >= 11 is 3.37. The van der Waals surface area contributed by atoms with Gasteiger partial charge in [0.25, 0.3) is 5.91 Å². The summed E-state index contributed by atoms with van der Waals surface area (Å²) in [5.41, 5.74) is 0.714. The number of benzene rings is 1. The highest BCUT2D eigenvalue weighted by molar-refractivity contribution is 9.10. The monoisotopic (exact) mass is 346 g/mol. The molecule has 1 aromatic carbocycles. The van der Waals surface area contributed by atoms with E-state index in [4.69, 9.17) is 0 Å². The summed E-state index contributed by atoms with van der Waals surface area (Å²) in [6, 6.07) is 7.48. The van der Waals surface area contributed by atoms with Crippen molar-refractivity contribution in [3.05, 3.63) is 34.3 Å². The summed E-state index contributed by atoms with van der Waals surface area (Å²) in [5, 5.41) is 6.38. The molecule has 5 heteroatoms. The second-order valence-corrected chi connectivity index (χ2v) is 5.68. The van der Waals surface area contributed by atoms with Gasteiger partial charge in [0.2, 0.25) is 0 Å². The number of hydrogen-bond acceptors (Lipinski definition) is 2. The quantitative estimate of drug-likeness (QED) is 0.879. The third-order valence-electron chi connectivity index (χ3n) is 3.32. The van der Waals surface area contributed by atoms with Crippen LogP contribution in [0.5, 0.6) is 0 Å². The maximum atomic E-state index is 11.9. The summed E-state index contributed by atoms with van der Waals surface area (Å²) in [6.45, 7) is 2.99. The largest absolute Gasteiger partial charge is 0.352 e. The van der Waals surface area contributed by atoms with Gasteiger partial charge in [-0.3, -0.25) is 4.79 Å². The van der Waals surface area contributed by atoms with Crippen molar-refractivity contribution in [3.63, 3.8) is 0 Å². The lowest BCUT2D eigenvalue weighted by Crippen LogP contribution is -2.33. The Labute approximate surface area is 129 Å². The zero-order valence-corrected chi connectivity index (χ0v) is 13.2. The first-order chi connectivity index (χ1) is 8.75. The SMILES string of the molecule is Cl.O=C(NCCC1CCCNC1)c1cccc(Br)c1. The highest BCUT2D eigenvalue weighted by Crippen LogP contribution is 2.14. The minimum atomic E-state index is 0. The Kier molecular flexibility index (Phi) is 7.42. The van der Waals surface area contributed by atoms with Crippen molar-refractivity contribution < 1.29 is 4.79 Å².